The van der Waals surface area contributed by atoms with Crippen molar-refractivity contribution in [2.24, 2.45) is 42.7 Å². The molecule has 2 unspecified atom stereocenters. The molecule has 14 heteroatoms. The first-order valence-corrected chi connectivity index (χ1v) is 15.3. The molecule has 0 saturated heterocycles. The van der Waals surface area contributed by atoms with Gasteiger partial charge in [0.15, 0.2) is 0 Å². The number of azide groups is 1. The number of amides is 2. The Hall–Kier alpha value is -4.29. The van der Waals surface area contributed by atoms with Gasteiger partial charge in [-0.1, -0.05) is 5.11 Å². The smallest absolute Gasteiger partial charge is 0.249 e. The molecule has 2 aromatic rings. The van der Waals surface area contributed by atoms with Crippen molar-refractivity contribution in [3.05, 3.63) is 81.2 Å². The van der Waals surface area contributed by atoms with Gasteiger partial charge < -0.3 is 5.73 Å². The molecule has 2 atom stereocenters. The Morgan fingerprint density at radius 3 is 1.52 bits per heavy atom. The summed E-state index contributed by atoms with van der Waals surface area (Å²) in [7, 11) is 0. The molecule has 2 heterocycles. The van der Waals surface area contributed by atoms with Crippen LogP contribution >= 0.6 is 0 Å². The number of rotatable bonds is 7. The molecule has 6 fully saturated rings. The number of nitrogens with two attached hydrogens (primary N) is 1. The monoisotopic (exact) mass is 636 g/mol. The van der Waals surface area contributed by atoms with E-state index in [2.05, 4.69) is 20.2 Å². The maximum atomic E-state index is 13.5. The van der Waals surface area contributed by atoms with Gasteiger partial charge in [0, 0.05) is 48.9 Å². The van der Waals surface area contributed by atoms with Crippen molar-refractivity contribution in [1.82, 2.24) is 10.0 Å². The average molecular weight is 637 g/mol. The van der Waals surface area contributed by atoms with Gasteiger partial charge in [0.05, 0.1) is 22.9 Å². The lowest BCUT2D eigenvalue weighted by atomic mass is 9.35. The second-order valence-corrected chi connectivity index (χ2v) is 14.0. The number of benzene rings is 2. The number of carbonyl (C=O) groups excluding carboxylic acids is 2. The summed E-state index contributed by atoms with van der Waals surface area (Å²) in [5, 5.41) is 14.7. The van der Waals surface area contributed by atoms with E-state index in [9.17, 15) is 27.2 Å². The third kappa shape index (κ3) is 4.77. The van der Waals surface area contributed by atoms with Gasteiger partial charge in [-0.05, 0) is 96.8 Å². The van der Waals surface area contributed by atoms with E-state index >= 15 is 0 Å². The van der Waals surface area contributed by atoms with E-state index in [1.807, 2.05) is 0 Å². The number of carbonyl (C=O) groups is 2. The summed E-state index contributed by atoms with van der Waals surface area (Å²) in [6.07, 6.45) is 8.66. The lowest BCUT2D eigenvalue weighted by molar-refractivity contribution is -0.213. The van der Waals surface area contributed by atoms with Gasteiger partial charge in [-0.25, -0.2) is 27.6 Å². The van der Waals surface area contributed by atoms with E-state index < -0.39 is 40.8 Å². The van der Waals surface area contributed by atoms with E-state index in [1.165, 1.54) is 34.3 Å². The Labute approximate surface area is 261 Å². The lowest BCUT2D eigenvalue weighted by Crippen LogP contribution is -2.69. The molecule has 0 radical (unpaired) electrons. The SMILES string of the molecule is NCC12CC(C(=O)N3N=CCC3c3cc(F)cc(F)c3)(C1)C2.[N-]=[N+]=NCC12CC(C(=O)N3N=CCC3c3cc(F)cc(F)c3)(C1)C2. The molecule has 6 saturated carbocycles. The molecule has 10 nitrogen and oxygen atoms in total. The van der Waals surface area contributed by atoms with Gasteiger partial charge in [-0.15, -0.1) is 0 Å². The molecule has 2 aliphatic heterocycles. The Bertz CT molecular complexity index is 1660. The number of nitrogens with zero attached hydrogens (tertiary/aromatic N) is 7. The number of hydrogen-bond donors (Lipinski definition) is 1. The van der Waals surface area contributed by atoms with Gasteiger partial charge in [0.25, 0.3) is 0 Å². The topological polar surface area (TPSA) is 140 Å². The van der Waals surface area contributed by atoms with E-state index in [0.717, 1.165) is 31.4 Å². The molecule has 2 aromatic carbocycles. The van der Waals surface area contributed by atoms with Crippen LogP contribution in [0.5, 0.6) is 0 Å². The first kappa shape index (κ1) is 30.4. The van der Waals surface area contributed by atoms with Crippen molar-refractivity contribution >= 4 is 24.2 Å². The zero-order chi connectivity index (χ0) is 32.5. The summed E-state index contributed by atoms with van der Waals surface area (Å²) < 4.78 is 53.8. The van der Waals surface area contributed by atoms with Crippen LogP contribution in [-0.4, -0.2) is 47.4 Å². The van der Waals surface area contributed by atoms with Crippen molar-refractivity contribution in [3.63, 3.8) is 0 Å². The molecule has 8 aliphatic rings. The van der Waals surface area contributed by atoms with Crippen LogP contribution in [0.4, 0.5) is 17.6 Å². The highest BCUT2D eigenvalue weighted by Gasteiger charge is 2.72. The molecular weight excluding hydrogens is 604 g/mol. The van der Waals surface area contributed by atoms with Crippen LogP contribution in [-0.2, 0) is 9.59 Å². The van der Waals surface area contributed by atoms with Crippen LogP contribution < -0.4 is 5.73 Å². The minimum Gasteiger partial charge on any atom is -0.330 e. The summed E-state index contributed by atoms with van der Waals surface area (Å²) in [4.78, 5) is 28.4. The van der Waals surface area contributed by atoms with Crippen LogP contribution in [0.3, 0.4) is 0 Å². The predicted molar refractivity (Wildman–Crippen MR) is 159 cm³/mol. The van der Waals surface area contributed by atoms with Crippen molar-refractivity contribution in [2.75, 3.05) is 13.1 Å². The fraction of sp³-hybridized carbons (Fsp3) is 0.500. The first-order valence-electron chi connectivity index (χ1n) is 15.3. The molecule has 10 rings (SSSR count). The largest absolute Gasteiger partial charge is 0.330 e. The molecule has 0 aromatic heterocycles. The second kappa shape index (κ2) is 10.6. The second-order valence-electron chi connectivity index (χ2n) is 14.0. The van der Waals surface area contributed by atoms with E-state index in [0.29, 0.717) is 56.3 Å². The summed E-state index contributed by atoms with van der Waals surface area (Å²) in [6, 6.07) is 5.79. The molecule has 2 amide bonds. The Morgan fingerprint density at radius 2 is 1.15 bits per heavy atom. The lowest BCUT2D eigenvalue weighted by Gasteiger charge is -2.69. The molecule has 2 N–H and O–H groups in total. The van der Waals surface area contributed by atoms with Crippen molar-refractivity contribution in [1.29, 1.82) is 0 Å². The Morgan fingerprint density at radius 1 is 0.761 bits per heavy atom. The maximum Gasteiger partial charge on any atom is 0.249 e. The maximum absolute atomic E-state index is 13.5. The summed E-state index contributed by atoms with van der Waals surface area (Å²) in [5.41, 5.74) is 14.3. The zero-order valence-corrected chi connectivity index (χ0v) is 24.9. The standard InChI is InChI=1S/C16H15F2N5O.C16H17F2N3O/c17-11-3-10(4-12(18)5-11)13-1-2-21-23(13)14(24)16-6-15(7-16,8-16)9-20-22-19;17-11-3-10(4-12(18)5-11)13-1-2-20-21(13)14(22)16-6-15(7-16,8-16)9-19/h2-5,13H,1,6-9H2;2-5,13H,1,6-9,19H2. The van der Waals surface area contributed by atoms with Crippen LogP contribution in [0, 0.1) is 44.9 Å². The highest BCUT2D eigenvalue weighted by Crippen LogP contribution is 2.74. The highest BCUT2D eigenvalue weighted by molar-refractivity contribution is 5.89. The average Bonchev–Trinajstić information content (AvgIpc) is 3.60. The van der Waals surface area contributed by atoms with Crippen molar-refractivity contribution in [2.45, 2.75) is 63.5 Å². The van der Waals surface area contributed by atoms with Crippen LogP contribution in [0.15, 0.2) is 51.7 Å². The fourth-order valence-electron chi connectivity index (χ4n) is 8.81. The Kier molecular flexibility index (Phi) is 7.02. The van der Waals surface area contributed by atoms with Gasteiger partial charge in [-0.2, -0.15) is 10.2 Å². The van der Waals surface area contributed by atoms with Crippen LogP contribution in [0.1, 0.15) is 74.6 Å². The van der Waals surface area contributed by atoms with Crippen molar-refractivity contribution < 1.29 is 27.2 Å². The van der Waals surface area contributed by atoms with Gasteiger partial charge in [0.2, 0.25) is 11.8 Å². The fourth-order valence-corrected chi connectivity index (χ4v) is 8.81. The zero-order valence-electron chi connectivity index (χ0n) is 24.9. The summed E-state index contributed by atoms with van der Waals surface area (Å²) >= 11 is 0. The normalized spacial score (nSPS) is 33.9. The summed E-state index contributed by atoms with van der Waals surface area (Å²) in [6.45, 7) is 1.03. The van der Waals surface area contributed by atoms with Crippen molar-refractivity contribution in [3.8, 4) is 0 Å². The van der Waals surface area contributed by atoms with Gasteiger partial charge >= 0.3 is 0 Å². The first-order chi connectivity index (χ1) is 21.9. The van der Waals surface area contributed by atoms with Crippen LogP contribution in [0.25, 0.3) is 10.4 Å². The summed E-state index contributed by atoms with van der Waals surface area (Å²) in [5.74, 6) is -2.74. The molecule has 4 bridgehead atoms. The molecule has 0 spiro atoms. The number of hydrazone groups is 2. The third-order valence-electron chi connectivity index (χ3n) is 10.7. The van der Waals surface area contributed by atoms with E-state index in [4.69, 9.17) is 11.3 Å². The third-order valence-corrected chi connectivity index (χ3v) is 10.7. The minimum absolute atomic E-state index is 0.0359. The highest BCUT2D eigenvalue weighted by atomic mass is 19.1. The van der Waals surface area contributed by atoms with Crippen LogP contribution in [0.2, 0.25) is 0 Å². The molecule has 46 heavy (non-hydrogen) atoms. The van der Waals surface area contributed by atoms with E-state index in [-0.39, 0.29) is 28.1 Å². The molecular formula is C32H32F4N8O2. The Balaban J connectivity index is 0.000000147. The minimum atomic E-state index is -0.664. The number of hydrogen-bond acceptors (Lipinski definition) is 6. The van der Waals surface area contributed by atoms with Gasteiger partial charge in [-0.3, -0.25) is 9.59 Å². The quantitative estimate of drug-likeness (QED) is 0.171. The molecule has 240 valence electrons. The predicted octanol–water partition coefficient (Wildman–Crippen LogP) is 6.06. The van der Waals surface area contributed by atoms with E-state index in [1.54, 1.807) is 12.4 Å². The van der Waals surface area contributed by atoms with Gasteiger partial charge in [0.1, 0.15) is 23.3 Å². The molecule has 6 aliphatic carbocycles. The number of halogens is 4.